The summed E-state index contributed by atoms with van der Waals surface area (Å²) in [5.41, 5.74) is 0. The molecule has 0 aliphatic carbocycles. The molecule has 116 valence electrons. The van der Waals surface area contributed by atoms with Gasteiger partial charge in [-0.1, -0.05) is 28.1 Å². The molecule has 1 unspecified atom stereocenters. The fourth-order valence-corrected chi connectivity index (χ4v) is 3.03. The van der Waals surface area contributed by atoms with Crippen molar-refractivity contribution in [3.05, 3.63) is 40.9 Å². The van der Waals surface area contributed by atoms with Gasteiger partial charge in [-0.2, -0.15) is 0 Å². The summed E-state index contributed by atoms with van der Waals surface area (Å²) in [6, 6.07) is 12.3. The summed E-state index contributed by atoms with van der Waals surface area (Å²) in [6.45, 7) is 1.77. The number of benzene rings is 2. The van der Waals surface area contributed by atoms with Crippen LogP contribution in [0, 0.1) is 0 Å². The Morgan fingerprint density at radius 3 is 2.91 bits per heavy atom. The fraction of sp³-hybridized carbons (Fsp3) is 0.353. The first-order chi connectivity index (χ1) is 10.7. The average Bonchev–Trinajstić information content (AvgIpc) is 3.04. The number of carbonyl (C=O) groups excluding carboxylic acids is 1. The van der Waals surface area contributed by atoms with Crippen LogP contribution in [0.5, 0.6) is 5.75 Å². The molecule has 0 aromatic heterocycles. The van der Waals surface area contributed by atoms with Crippen LogP contribution in [-0.4, -0.2) is 31.6 Å². The van der Waals surface area contributed by atoms with Crippen molar-refractivity contribution in [3.63, 3.8) is 0 Å². The molecule has 1 atom stereocenters. The molecule has 1 heterocycles. The zero-order valence-electron chi connectivity index (χ0n) is 12.3. The molecule has 1 saturated heterocycles. The second kappa shape index (κ2) is 7.11. The minimum atomic E-state index is -0.0791. The molecule has 1 fully saturated rings. The molecular weight excluding hydrogens is 344 g/mol. The van der Waals surface area contributed by atoms with Crippen LogP contribution in [0.4, 0.5) is 0 Å². The van der Waals surface area contributed by atoms with E-state index < -0.39 is 0 Å². The van der Waals surface area contributed by atoms with Crippen LogP contribution in [0.3, 0.4) is 0 Å². The third kappa shape index (κ3) is 3.99. The Labute approximate surface area is 138 Å². The normalized spacial score (nSPS) is 17.6. The topological polar surface area (TPSA) is 50.4 Å². The van der Waals surface area contributed by atoms with Gasteiger partial charge in [0.2, 0.25) is 0 Å². The van der Waals surface area contributed by atoms with E-state index in [0.29, 0.717) is 18.3 Å². The van der Waals surface area contributed by atoms with Crippen molar-refractivity contribution in [2.45, 2.75) is 18.9 Å². The van der Waals surface area contributed by atoms with Gasteiger partial charge in [0.1, 0.15) is 5.75 Å². The number of carbonyl (C=O) groups is 1. The number of ether oxygens (including phenoxy) is 1. The van der Waals surface area contributed by atoms with E-state index in [4.69, 9.17) is 4.74 Å². The lowest BCUT2D eigenvalue weighted by Gasteiger charge is -2.12. The number of nitrogens with one attached hydrogen (secondary N) is 2. The smallest absolute Gasteiger partial charge is 0.257 e. The summed E-state index contributed by atoms with van der Waals surface area (Å²) in [6.07, 6.45) is 2.31. The first kappa shape index (κ1) is 15.3. The summed E-state index contributed by atoms with van der Waals surface area (Å²) < 4.78 is 6.63. The van der Waals surface area contributed by atoms with E-state index in [1.54, 1.807) is 0 Å². The van der Waals surface area contributed by atoms with Crippen LogP contribution in [0.2, 0.25) is 0 Å². The summed E-state index contributed by atoms with van der Waals surface area (Å²) >= 11 is 3.46. The quantitative estimate of drug-likeness (QED) is 0.859. The first-order valence-corrected chi connectivity index (χ1v) is 8.32. The highest BCUT2D eigenvalue weighted by Gasteiger charge is 2.14. The van der Waals surface area contributed by atoms with E-state index >= 15 is 0 Å². The first-order valence-electron chi connectivity index (χ1n) is 7.53. The molecule has 1 aliphatic rings. The van der Waals surface area contributed by atoms with E-state index in [1.807, 2.05) is 30.3 Å². The minimum absolute atomic E-state index is 0.0504. The van der Waals surface area contributed by atoms with Crippen LogP contribution < -0.4 is 15.4 Å². The Balaban J connectivity index is 1.52. The van der Waals surface area contributed by atoms with Gasteiger partial charge in [-0.05, 0) is 54.4 Å². The van der Waals surface area contributed by atoms with E-state index in [0.717, 1.165) is 28.2 Å². The molecule has 0 radical (unpaired) electrons. The maximum Gasteiger partial charge on any atom is 0.257 e. The fourth-order valence-electron chi connectivity index (χ4n) is 2.65. The van der Waals surface area contributed by atoms with Gasteiger partial charge in [-0.3, -0.25) is 4.79 Å². The Morgan fingerprint density at radius 2 is 2.09 bits per heavy atom. The predicted octanol–water partition coefficient (Wildman–Crippen LogP) is 2.85. The number of hydrogen-bond acceptors (Lipinski definition) is 3. The van der Waals surface area contributed by atoms with Crippen molar-refractivity contribution >= 4 is 32.6 Å². The Kier molecular flexibility index (Phi) is 4.95. The molecule has 0 saturated carbocycles. The van der Waals surface area contributed by atoms with Gasteiger partial charge in [0, 0.05) is 17.1 Å². The van der Waals surface area contributed by atoms with Crippen molar-refractivity contribution < 1.29 is 9.53 Å². The van der Waals surface area contributed by atoms with Crippen LogP contribution in [0.15, 0.2) is 40.9 Å². The third-order valence-electron chi connectivity index (χ3n) is 3.85. The number of amides is 1. The summed E-state index contributed by atoms with van der Waals surface area (Å²) in [7, 11) is 0. The predicted molar refractivity (Wildman–Crippen MR) is 91.2 cm³/mol. The number of hydrogen-bond donors (Lipinski definition) is 2. The Morgan fingerprint density at radius 1 is 1.27 bits per heavy atom. The van der Waals surface area contributed by atoms with Gasteiger partial charge in [0.25, 0.3) is 5.91 Å². The second-order valence-electron chi connectivity index (χ2n) is 5.54. The maximum atomic E-state index is 11.8. The maximum absolute atomic E-state index is 11.8. The average molecular weight is 363 g/mol. The van der Waals surface area contributed by atoms with Crippen molar-refractivity contribution in [1.29, 1.82) is 0 Å². The zero-order valence-corrected chi connectivity index (χ0v) is 13.9. The van der Waals surface area contributed by atoms with Crippen LogP contribution in [0.25, 0.3) is 10.8 Å². The SMILES string of the molecule is O=C(COc1ccc2cc(Br)ccc2c1)NCC1CCCN1. The third-order valence-corrected chi connectivity index (χ3v) is 4.34. The van der Waals surface area contributed by atoms with Crippen LogP contribution in [0.1, 0.15) is 12.8 Å². The largest absolute Gasteiger partial charge is 0.484 e. The van der Waals surface area contributed by atoms with Gasteiger partial charge in [0.15, 0.2) is 6.61 Å². The lowest BCUT2D eigenvalue weighted by atomic mass is 10.1. The van der Waals surface area contributed by atoms with E-state index in [-0.39, 0.29) is 12.5 Å². The lowest BCUT2D eigenvalue weighted by molar-refractivity contribution is -0.123. The molecule has 1 amide bonds. The van der Waals surface area contributed by atoms with Crippen molar-refractivity contribution in [2.24, 2.45) is 0 Å². The van der Waals surface area contributed by atoms with E-state index in [9.17, 15) is 4.79 Å². The molecule has 2 aromatic carbocycles. The van der Waals surface area contributed by atoms with Gasteiger partial charge in [0.05, 0.1) is 0 Å². The van der Waals surface area contributed by atoms with Crippen molar-refractivity contribution in [2.75, 3.05) is 19.7 Å². The highest BCUT2D eigenvalue weighted by molar-refractivity contribution is 9.10. The highest BCUT2D eigenvalue weighted by Crippen LogP contribution is 2.24. The number of halogens is 1. The molecule has 3 rings (SSSR count). The van der Waals surface area contributed by atoms with Gasteiger partial charge < -0.3 is 15.4 Å². The molecule has 2 aromatic rings. The summed E-state index contributed by atoms with van der Waals surface area (Å²) in [5, 5.41) is 8.49. The zero-order chi connectivity index (χ0) is 15.4. The number of fused-ring (bicyclic) bond motifs is 1. The number of rotatable bonds is 5. The monoisotopic (exact) mass is 362 g/mol. The van der Waals surface area contributed by atoms with Crippen LogP contribution in [-0.2, 0) is 4.79 Å². The van der Waals surface area contributed by atoms with Gasteiger partial charge >= 0.3 is 0 Å². The molecule has 5 heteroatoms. The molecule has 4 nitrogen and oxygen atoms in total. The summed E-state index contributed by atoms with van der Waals surface area (Å²) in [5.74, 6) is 0.633. The van der Waals surface area contributed by atoms with E-state index in [2.05, 4.69) is 32.6 Å². The molecule has 0 spiro atoms. The Bertz CT molecular complexity index is 669. The molecular formula is C17H19BrN2O2. The minimum Gasteiger partial charge on any atom is -0.484 e. The van der Waals surface area contributed by atoms with Crippen LogP contribution >= 0.6 is 15.9 Å². The van der Waals surface area contributed by atoms with Crippen molar-refractivity contribution in [1.82, 2.24) is 10.6 Å². The Hall–Kier alpha value is -1.59. The standard InChI is InChI=1S/C17H19BrN2O2/c18-14-5-3-13-9-16(6-4-12(13)8-14)22-11-17(21)20-10-15-2-1-7-19-15/h3-6,8-9,15,19H,1-2,7,10-11H2,(H,20,21). The van der Waals surface area contributed by atoms with Crippen molar-refractivity contribution in [3.8, 4) is 5.75 Å². The molecule has 2 N–H and O–H groups in total. The summed E-state index contributed by atoms with van der Waals surface area (Å²) in [4.78, 5) is 11.8. The molecule has 22 heavy (non-hydrogen) atoms. The van der Waals surface area contributed by atoms with Gasteiger partial charge in [-0.25, -0.2) is 0 Å². The highest BCUT2D eigenvalue weighted by atomic mass is 79.9. The molecule has 1 aliphatic heterocycles. The van der Waals surface area contributed by atoms with Gasteiger partial charge in [-0.15, -0.1) is 0 Å². The lowest BCUT2D eigenvalue weighted by Crippen LogP contribution is -2.39. The van der Waals surface area contributed by atoms with E-state index in [1.165, 1.54) is 6.42 Å². The second-order valence-corrected chi connectivity index (χ2v) is 6.45. The molecule has 0 bridgehead atoms.